The van der Waals surface area contributed by atoms with E-state index in [0.29, 0.717) is 25.0 Å². The van der Waals surface area contributed by atoms with Gasteiger partial charge < -0.3 is 15.8 Å². The normalized spacial score (nSPS) is 27.1. The summed E-state index contributed by atoms with van der Waals surface area (Å²) < 4.78 is 19.3. The average Bonchev–Trinajstić information content (AvgIpc) is 2.49. The van der Waals surface area contributed by atoms with Crippen LogP contribution in [0.1, 0.15) is 39.7 Å². The maximum Gasteiger partial charge on any atom is 0.241 e. The summed E-state index contributed by atoms with van der Waals surface area (Å²) in [6, 6.07) is 6.41. The van der Waals surface area contributed by atoms with Crippen molar-refractivity contribution in [2.45, 2.75) is 58.2 Å². The van der Waals surface area contributed by atoms with Crippen molar-refractivity contribution in [2.75, 3.05) is 6.61 Å². The van der Waals surface area contributed by atoms with Crippen LogP contribution in [0.25, 0.3) is 0 Å². The van der Waals surface area contributed by atoms with E-state index in [2.05, 4.69) is 5.32 Å². The van der Waals surface area contributed by atoms with E-state index in [4.69, 9.17) is 10.5 Å². The number of rotatable bonds is 6. The highest BCUT2D eigenvalue weighted by atomic mass is 19.1. The Bertz CT molecular complexity index is 576. The topological polar surface area (TPSA) is 64.3 Å². The fraction of sp³-hybridized carbons (Fsp3) is 0.611. The first-order chi connectivity index (χ1) is 10.7. The van der Waals surface area contributed by atoms with E-state index >= 15 is 0 Å². The van der Waals surface area contributed by atoms with Gasteiger partial charge in [0.05, 0.1) is 6.10 Å². The smallest absolute Gasteiger partial charge is 0.241 e. The highest BCUT2D eigenvalue weighted by molar-refractivity contribution is 5.89. The second-order valence-corrected chi connectivity index (χ2v) is 7.01. The van der Waals surface area contributed by atoms with Crippen molar-refractivity contribution in [3.8, 4) is 0 Å². The number of ether oxygens (including phenoxy) is 1. The summed E-state index contributed by atoms with van der Waals surface area (Å²) in [6.07, 6.45) is 0.931. The van der Waals surface area contributed by atoms with Gasteiger partial charge in [0, 0.05) is 24.5 Å². The third-order valence-electron chi connectivity index (χ3n) is 5.10. The van der Waals surface area contributed by atoms with Gasteiger partial charge in [-0.3, -0.25) is 4.79 Å². The van der Waals surface area contributed by atoms with Crippen LogP contribution in [-0.2, 0) is 16.0 Å². The Morgan fingerprint density at radius 1 is 1.48 bits per heavy atom. The Hall–Kier alpha value is -1.46. The molecule has 0 heterocycles. The molecule has 3 unspecified atom stereocenters. The zero-order valence-corrected chi connectivity index (χ0v) is 14.4. The van der Waals surface area contributed by atoms with Crippen molar-refractivity contribution < 1.29 is 13.9 Å². The van der Waals surface area contributed by atoms with Gasteiger partial charge in [-0.15, -0.1) is 0 Å². The summed E-state index contributed by atoms with van der Waals surface area (Å²) in [7, 11) is 0. The second kappa shape index (κ2) is 6.57. The van der Waals surface area contributed by atoms with Crippen molar-refractivity contribution in [3.63, 3.8) is 0 Å². The van der Waals surface area contributed by atoms with Gasteiger partial charge in [-0.25, -0.2) is 4.39 Å². The maximum absolute atomic E-state index is 13.7. The molecule has 1 fully saturated rings. The molecule has 0 bridgehead atoms. The molecular weight excluding hydrogens is 295 g/mol. The molecular formula is C18H27FN2O2. The van der Waals surface area contributed by atoms with E-state index in [9.17, 15) is 9.18 Å². The molecule has 3 N–H and O–H groups in total. The maximum atomic E-state index is 13.7. The van der Waals surface area contributed by atoms with Crippen LogP contribution in [0.5, 0.6) is 0 Å². The number of halogens is 1. The number of nitrogens with two attached hydrogens (primary N) is 1. The van der Waals surface area contributed by atoms with Gasteiger partial charge in [-0.1, -0.05) is 32.0 Å². The summed E-state index contributed by atoms with van der Waals surface area (Å²) in [5.74, 6) is -0.446. The predicted octanol–water partition coefficient (Wildman–Crippen LogP) is 2.41. The van der Waals surface area contributed by atoms with E-state index in [-0.39, 0.29) is 23.9 Å². The SMILES string of the molecule is CCOC1CC(N)(C(=O)NC(C)Cc2ccccc2F)C1(C)C. The Balaban J connectivity index is 1.98. The van der Waals surface area contributed by atoms with Gasteiger partial charge in [0.1, 0.15) is 11.4 Å². The lowest BCUT2D eigenvalue weighted by Gasteiger charge is -2.57. The van der Waals surface area contributed by atoms with Gasteiger partial charge >= 0.3 is 0 Å². The quantitative estimate of drug-likeness (QED) is 0.845. The third kappa shape index (κ3) is 3.26. The number of carbonyl (C=O) groups excluding carboxylic acids is 1. The summed E-state index contributed by atoms with van der Waals surface area (Å²) in [5, 5.41) is 2.93. The Morgan fingerprint density at radius 2 is 2.13 bits per heavy atom. The summed E-state index contributed by atoms with van der Waals surface area (Å²) in [5.41, 5.74) is 5.57. The first-order valence-corrected chi connectivity index (χ1v) is 8.17. The minimum Gasteiger partial charge on any atom is -0.378 e. The van der Waals surface area contributed by atoms with E-state index in [1.165, 1.54) is 6.07 Å². The zero-order chi connectivity index (χ0) is 17.3. The van der Waals surface area contributed by atoms with E-state index < -0.39 is 11.0 Å². The van der Waals surface area contributed by atoms with E-state index in [0.717, 1.165) is 0 Å². The molecule has 0 aliphatic heterocycles. The van der Waals surface area contributed by atoms with Gasteiger partial charge in [0.2, 0.25) is 5.91 Å². The predicted molar refractivity (Wildman–Crippen MR) is 88.4 cm³/mol. The molecule has 1 saturated carbocycles. The number of carbonyl (C=O) groups is 1. The van der Waals surface area contributed by atoms with Crippen molar-refractivity contribution in [3.05, 3.63) is 35.6 Å². The third-order valence-corrected chi connectivity index (χ3v) is 5.10. The van der Waals surface area contributed by atoms with Gasteiger partial charge in [-0.2, -0.15) is 0 Å². The number of hydrogen-bond donors (Lipinski definition) is 2. The molecule has 0 radical (unpaired) electrons. The zero-order valence-electron chi connectivity index (χ0n) is 14.4. The van der Waals surface area contributed by atoms with Gasteiger partial charge in [0.15, 0.2) is 0 Å². The lowest BCUT2D eigenvalue weighted by molar-refractivity contribution is -0.171. The molecule has 0 saturated heterocycles. The first-order valence-electron chi connectivity index (χ1n) is 8.17. The van der Waals surface area contributed by atoms with Crippen molar-refractivity contribution in [2.24, 2.45) is 11.1 Å². The molecule has 1 aliphatic carbocycles. The fourth-order valence-corrected chi connectivity index (χ4v) is 3.22. The number of benzene rings is 1. The van der Waals surface area contributed by atoms with Crippen LogP contribution < -0.4 is 11.1 Å². The highest BCUT2D eigenvalue weighted by Crippen LogP contribution is 2.49. The summed E-state index contributed by atoms with van der Waals surface area (Å²) >= 11 is 0. The second-order valence-electron chi connectivity index (χ2n) is 7.01. The lowest BCUT2D eigenvalue weighted by atomic mass is 9.54. The molecule has 128 valence electrons. The molecule has 1 amide bonds. The molecule has 1 aromatic rings. The van der Waals surface area contributed by atoms with Crippen LogP contribution in [0.4, 0.5) is 4.39 Å². The van der Waals surface area contributed by atoms with Crippen LogP contribution >= 0.6 is 0 Å². The Labute approximate surface area is 137 Å². The van der Waals surface area contributed by atoms with Gasteiger partial charge in [0.25, 0.3) is 0 Å². The van der Waals surface area contributed by atoms with E-state index in [1.54, 1.807) is 18.2 Å². The number of amides is 1. The van der Waals surface area contributed by atoms with Crippen LogP contribution in [0.3, 0.4) is 0 Å². The largest absolute Gasteiger partial charge is 0.378 e. The highest BCUT2D eigenvalue weighted by Gasteiger charge is 2.62. The van der Waals surface area contributed by atoms with Crippen LogP contribution in [-0.4, -0.2) is 30.2 Å². The van der Waals surface area contributed by atoms with Crippen LogP contribution in [0.15, 0.2) is 24.3 Å². The van der Waals surface area contributed by atoms with Crippen LogP contribution in [0.2, 0.25) is 0 Å². The monoisotopic (exact) mass is 322 g/mol. The molecule has 1 aliphatic rings. The standard InChI is InChI=1S/C18H27FN2O2/c1-5-23-15-11-18(20,17(15,3)4)16(22)21-12(2)10-13-8-6-7-9-14(13)19/h6-9,12,15H,5,10-11,20H2,1-4H3,(H,21,22). The molecule has 0 aromatic heterocycles. The first kappa shape index (κ1) is 17.9. The molecule has 1 aromatic carbocycles. The Morgan fingerprint density at radius 3 is 2.70 bits per heavy atom. The molecule has 4 nitrogen and oxygen atoms in total. The fourth-order valence-electron chi connectivity index (χ4n) is 3.22. The number of nitrogens with one attached hydrogen (secondary N) is 1. The molecule has 3 atom stereocenters. The molecule has 23 heavy (non-hydrogen) atoms. The van der Waals surface area contributed by atoms with Crippen LogP contribution in [0, 0.1) is 11.2 Å². The number of hydrogen-bond acceptors (Lipinski definition) is 3. The minimum atomic E-state index is -0.948. The van der Waals surface area contributed by atoms with Crippen molar-refractivity contribution in [1.82, 2.24) is 5.32 Å². The summed E-state index contributed by atoms with van der Waals surface area (Å²) in [4.78, 5) is 12.6. The Kier molecular flexibility index (Phi) is 5.11. The lowest BCUT2D eigenvalue weighted by Crippen LogP contribution is -2.76. The van der Waals surface area contributed by atoms with Crippen molar-refractivity contribution >= 4 is 5.91 Å². The molecule has 5 heteroatoms. The molecule has 2 rings (SSSR count). The van der Waals surface area contributed by atoms with Crippen molar-refractivity contribution in [1.29, 1.82) is 0 Å². The average molecular weight is 322 g/mol. The van der Waals surface area contributed by atoms with Gasteiger partial charge in [-0.05, 0) is 31.9 Å². The molecule has 0 spiro atoms. The summed E-state index contributed by atoms with van der Waals surface area (Å²) in [6.45, 7) is 8.31. The minimum absolute atomic E-state index is 0.00914. The van der Waals surface area contributed by atoms with E-state index in [1.807, 2.05) is 27.7 Å².